The van der Waals surface area contributed by atoms with E-state index in [1.54, 1.807) is 0 Å². The summed E-state index contributed by atoms with van der Waals surface area (Å²) in [6.45, 7) is 0.509. The van der Waals surface area contributed by atoms with Crippen molar-refractivity contribution in [2.45, 2.75) is 6.42 Å². The molecule has 12 heavy (non-hydrogen) atoms. The van der Waals surface area contributed by atoms with Gasteiger partial charge in [0.05, 0.1) is 5.69 Å². The van der Waals surface area contributed by atoms with E-state index in [9.17, 15) is 4.79 Å². The minimum absolute atomic E-state index is 0.226. The Labute approximate surface area is 70.9 Å². The average molecular weight is 185 g/mol. The van der Waals surface area contributed by atoms with Crippen LogP contribution in [0.15, 0.2) is 0 Å². The van der Waals surface area contributed by atoms with Gasteiger partial charge < -0.3 is 0 Å². The molecular formula is C5H8N5OP. The van der Waals surface area contributed by atoms with E-state index >= 15 is 0 Å². The molecule has 0 spiro atoms. The zero-order valence-corrected chi connectivity index (χ0v) is 7.42. The molecule has 2 heterocycles. The number of nitrogens with two attached hydrogens (primary N) is 1. The van der Waals surface area contributed by atoms with Crippen molar-refractivity contribution < 1.29 is 4.79 Å². The second-order valence-corrected chi connectivity index (χ2v) is 3.07. The third-order valence-corrected chi connectivity index (χ3v) is 2.18. The maximum atomic E-state index is 11.4. The number of rotatable bonds is 0. The Morgan fingerprint density at radius 3 is 3.08 bits per heavy atom. The average Bonchev–Trinajstić information content (AvgIpc) is 2.41. The number of amides is 1. The normalized spacial score (nSPS) is 16.5. The first kappa shape index (κ1) is 7.64. The number of hydrogen-bond donors (Lipinski definition) is 1. The molecule has 64 valence electrons. The highest BCUT2D eigenvalue weighted by Gasteiger charge is 2.27. The summed E-state index contributed by atoms with van der Waals surface area (Å²) in [5.41, 5.74) is 1.19. The van der Waals surface area contributed by atoms with Gasteiger partial charge in [-0.3, -0.25) is 9.80 Å². The third kappa shape index (κ3) is 0.922. The van der Waals surface area contributed by atoms with Gasteiger partial charge in [-0.2, -0.15) is 0 Å². The van der Waals surface area contributed by atoms with Crippen molar-refractivity contribution >= 4 is 15.3 Å². The molecule has 0 aliphatic carbocycles. The Kier molecular flexibility index (Phi) is 1.59. The molecule has 7 heteroatoms. The Morgan fingerprint density at radius 2 is 2.33 bits per heavy atom. The fourth-order valence-electron chi connectivity index (χ4n) is 1.18. The van der Waals surface area contributed by atoms with Crippen molar-refractivity contribution in [2.24, 2.45) is 5.84 Å². The van der Waals surface area contributed by atoms with Crippen molar-refractivity contribution in [3.05, 3.63) is 11.4 Å². The van der Waals surface area contributed by atoms with Gasteiger partial charge in [0.1, 0.15) is 0 Å². The van der Waals surface area contributed by atoms with Gasteiger partial charge in [-0.05, 0) is 9.39 Å². The first-order chi connectivity index (χ1) is 5.70. The zero-order valence-electron chi connectivity index (χ0n) is 6.27. The number of carbonyl (C=O) groups is 1. The predicted molar refractivity (Wildman–Crippen MR) is 44.1 cm³/mol. The van der Waals surface area contributed by atoms with Crippen LogP contribution in [0.5, 0.6) is 0 Å². The Bertz CT molecular complexity index is 335. The highest BCUT2D eigenvalue weighted by atomic mass is 31.0. The van der Waals surface area contributed by atoms with Gasteiger partial charge in [-0.15, -0.1) is 5.10 Å². The van der Waals surface area contributed by atoms with E-state index in [1.165, 1.54) is 9.46 Å². The van der Waals surface area contributed by atoms with Crippen molar-refractivity contribution in [3.8, 4) is 0 Å². The summed E-state index contributed by atoms with van der Waals surface area (Å²) in [6.07, 6.45) is 0.673. The SMILES string of the molecule is NN1CCc2nnn(P)c2C1=O. The van der Waals surface area contributed by atoms with E-state index in [-0.39, 0.29) is 5.91 Å². The maximum Gasteiger partial charge on any atom is 0.288 e. The molecule has 1 amide bonds. The number of hydrogen-bond acceptors (Lipinski definition) is 4. The van der Waals surface area contributed by atoms with Crippen LogP contribution in [0.3, 0.4) is 0 Å². The van der Waals surface area contributed by atoms with Crippen molar-refractivity contribution in [1.82, 2.24) is 19.8 Å². The fourth-order valence-corrected chi connectivity index (χ4v) is 1.49. The molecule has 1 atom stereocenters. The molecule has 1 unspecified atom stereocenters. The summed E-state index contributed by atoms with van der Waals surface area (Å²) in [6, 6.07) is 0. The molecule has 1 aliphatic heterocycles. The lowest BCUT2D eigenvalue weighted by Gasteiger charge is -2.20. The summed E-state index contributed by atoms with van der Waals surface area (Å²) in [4.78, 5) is 11.4. The maximum absolute atomic E-state index is 11.4. The standard InChI is InChI=1S/C5H8N5OP/c6-9-2-1-3-4(5(9)11)10(12)8-7-3/h1-2,6,12H2. The molecule has 1 aliphatic rings. The highest BCUT2D eigenvalue weighted by Crippen LogP contribution is 2.15. The van der Waals surface area contributed by atoms with E-state index in [1.807, 2.05) is 0 Å². The van der Waals surface area contributed by atoms with E-state index < -0.39 is 0 Å². The summed E-state index contributed by atoms with van der Waals surface area (Å²) in [7, 11) is 2.30. The molecule has 1 aromatic heterocycles. The van der Waals surface area contributed by atoms with Gasteiger partial charge in [-0.25, -0.2) is 10.3 Å². The van der Waals surface area contributed by atoms with Crippen LogP contribution < -0.4 is 5.84 Å². The largest absolute Gasteiger partial charge is 0.288 e. The van der Waals surface area contributed by atoms with Crippen molar-refractivity contribution in [1.29, 1.82) is 0 Å². The number of nitrogens with zero attached hydrogens (tertiary/aromatic N) is 4. The third-order valence-electron chi connectivity index (χ3n) is 1.82. The van der Waals surface area contributed by atoms with Crippen LogP contribution in [0.25, 0.3) is 0 Å². The monoisotopic (exact) mass is 185 g/mol. The number of carbonyl (C=O) groups excluding carboxylic acids is 1. The Balaban J connectivity index is 2.53. The minimum atomic E-state index is -0.226. The molecule has 0 saturated heterocycles. The van der Waals surface area contributed by atoms with Gasteiger partial charge in [-0.1, -0.05) is 5.21 Å². The smallest absolute Gasteiger partial charge is 0.275 e. The van der Waals surface area contributed by atoms with Crippen LogP contribution in [0, 0.1) is 0 Å². The topological polar surface area (TPSA) is 77.0 Å². The quantitative estimate of drug-likeness (QED) is 0.312. The van der Waals surface area contributed by atoms with Gasteiger partial charge in [0.2, 0.25) is 0 Å². The second-order valence-electron chi connectivity index (χ2n) is 2.58. The van der Waals surface area contributed by atoms with Crippen LogP contribution in [0.4, 0.5) is 0 Å². The van der Waals surface area contributed by atoms with Crippen LogP contribution in [-0.4, -0.2) is 32.2 Å². The Morgan fingerprint density at radius 1 is 1.58 bits per heavy atom. The zero-order chi connectivity index (χ0) is 8.72. The van der Waals surface area contributed by atoms with Gasteiger partial charge in [0.25, 0.3) is 5.91 Å². The summed E-state index contributed by atoms with van der Waals surface area (Å²) < 4.78 is 1.37. The minimum Gasteiger partial charge on any atom is -0.275 e. The molecular weight excluding hydrogens is 177 g/mol. The molecule has 2 N–H and O–H groups in total. The van der Waals surface area contributed by atoms with Gasteiger partial charge in [0.15, 0.2) is 5.69 Å². The summed E-state index contributed by atoms with van der Waals surface area (Å²) >= 11 is 0. The first-order valence-electron chi connectivity index (χ1n) is 3.46. The van der Waals surface area contributed by atoms with Gasteiger partial charge in [0, 0.05) is 13.0 Å². The molecule has 0 aromatic carbocycles. The lowest BCUT2D eigenvalue weighted by Crippen LogP contribution is -2.43. The van der Waals surface area contributed by atoms with E-state index in [0.29, 0.717) is 18.7 Å². The Hall–Kier alpha value is -1.00. The number of hydrazine groups is 1. The number of fused-ring (bicyclic) bond motifs is 1. The molecule has 0 fully saturated rings. The molecule has 6 nitrogen and oxygen atoms in total. The highest BCUT2D eigenvalue weighted by molar-refractivity contribution is 7.14. The molecule has 0 radical (unpaired) electrons. The second kappa shape index (κ2) is 2.50. The number of aromatic nitrogens is 3. The van der Waals surface area contributed by atoms with Crippen LogP contribution in [-0.2, 0) is 6.42 Å². The van der Waals surface area contributed by atoms with E-state index in [0.717, 1.165) is 5.69 Å². The van der Waals surface area contributed by atoms with Gasteiger partial charge >= 0.3 is 0 Å². The van der Waals surface area contributed by atoms with E-state index in [4.69, 9.17) is 5.84 Å². The van der Waals surface area contributed by atoms with E-state index in [2.05, 4.69) is 19.7 Å². The lowest BCUT2D eigenvalue weighted by molar-refractivity contribution is 0.0731. The molecule has 1 aromatic rings. The molecule has 2 rings (SSSR count). The van der Waals surface area contributed by atoms with Crippen LogP contribution >= 0.6 is 9.39 Å². The van der Waals surface area contributed by atoms with Crippen LogP contribution in [0.1, 0.15) is 16.2 Å². The molecule has 0 saturated carbocycles. The van der Waals surface area contributed by atoms with Crippen LogP contribution in [0.2, 0.25) is 0 Å². The van der Waals surface area contributed by atoms with Crippen molar-refractivity contribution in [2.75, 3.05) is 6.54 Å². The summed E-state index contributed by atoms with van der Waals surface area (Å²) in [5, 5.41) is 8.71. The predicted octanol–water partition coefficient (Wildman–Crippen LogP) is -1.21. The lowest BCUT2D eigenvalue weighted by atomic mass is 10.2. The fraction of sp³-hybridized carbons (Fsp3) is 0.400. The first-order valence-corrected chi connectivity index (χ1v) is 3.98. The van der Waals surface area contributed by atoms with Crippen molar-refractivity contribution in [3.63, 3.8) is 0 Å². The summed E-state index contributed by atoms with van der Waals surface area (Å²) in [5.74, 6) is 5.20. The molecule has 0 bridgehead atoms.